The Morgan fingerprint density at radius 1 is 1.24 bits per heavy atom. The first-order valence-corrected chi connectivity index (χ1v) is 8.70. The van der Waals surface area contributed by atoms with Gasteiger partial charge < -0.3 is 9.47 Å². The molecule has 0 fully saturated rings. The van der Waals surface area contributed by atoms with Crippen molar-refractivity contribution in [2.75, 3.05) is 0 Å². The van der Waals surface area contributed by atoms with E-state index < -0.39 is 17.5 Å². The normalized spacial score (nSPS) is 19.3. The van der Waals surface area contributed by atoms with Crippen LogP contribution in [0.5, 0.6) is 0 Å². The smallest absolute Gasteiger partial charge is 0.351 e. The summed E-state index contributed by atoms with van der Waals surface area (Å²) < 4.78 is 11.8. The number of carbonyl (C=O) groups excluding carboxylic acids is 2. The van der Waals surface area contributed by atoms with Gasteiger partial charge in [-0.15, -0.1) is 11.3 Å². The van der Waals surface area contributed by atoms with Gasteiger partial charge in [0.05, 0.1) is 15.8 Å². The van der Waals surface area contributed by atoms with Crippen LogP contribution in [0.4, 0.5) is 0 Å². The van der Waals surface area contributed by atoms with E-state index in [1.54, 1.807) is 19.1 Å². The standard InChI is InChI=1S/C19H15NO4S/c1-19(10-12-6-2-3-7-13(12)17(21)24-19)18(22)23-11-16-20-14-8-4-5-9-15(14)25-16/h2-9H,10-11H2,1H3. The fourth-order valence-corrected chi connectivity index (χ4v) is 3.79. The van der Waals surface area contributed by atoms with Gasteiger partial charge in [-0.05, 0) is 30.7 Å². The van der Waals surface area contributed by atoms with Crippen molar-refractivity contribution in [2.45, 2.75) is 25.6 Å². The van der Waals surface area contributed by atoms with Crippen molar-refractivity contribution in [1.29, 1.82) is 0 Å². The fourth-order valence-electron chi connectivity index (χ4n) is 2.91. The van der Waals surface area contributed by atoms with Crippen LogP contribution in [0.15, 0.2) is 48.5 Å². The number of cyclic esters (lactones) is 1. The average molecular weight is 353 g/mol. The van der Waals surface area contributed by atoms with Crippen LogP contribution in [0, 0.1) is 0 Å². The Labute approximate surface area is 148 Å². The van der Waals surface area contributed by atoms with Crippen molar-refractivity contribution in [2.24, 2.45) is 0 Å². The van der Waals surface area contributed by atoms with Gasteiger partial charge in [0.1, 0.15) is 11.6 Å². The summed E-state index contributed by atoms with van der Waals surface area (Å²) in [7, 11) is 0. The van der Waals surface area contributed by atoms with Gasteiger partial charge in [0.15, 0.2) is 0 Å². The first-order chi connectivity index (χ1) is 12.0. The topological polar surface area (TPSA) is 65.5 Å². The molecular formula is C19H15NO4S. The molecule has 0 saturated carbocycles. The third-order valence-corrected chi connectivity index (χ3v) is 5.19. The van der Waals surface area contributed by atoms with E-state index in [0.717, 1.165) is 15.8 Å². The average Bonchev–Trinajstić information content (AvgIpc) is 3.02. The van der Waals surface area contributed by atoms with Crippen molar-refractivity contribution < 1.29 is 19.1 Å². The molecule has 0 N–H and O–H groups in total. The summed E-state index contributed by atoms with van der Waals surface area (Å²) in [6.45, 7) is 1.65. The molecule has 0 spiro atoms. The van der Waals surface area contributed by atoms with Crippen LogP contribution in [-0.4, -0.2) is 22.5 Å². The van der Waals surface area contributed by atoms with Crippen LogP contribution in [-0.2, 0) is 27.3 Å². The number of hydrogen-bond donors (Lipinski definition) is 0. The zero-order valence-corrected chi connectivity index (χ0v) is 14.3. The second kappa shape index (κ2) is 5.97. The highest BCUT2D eigenvalue weighted by Gasteiger charge is 2.44. The predicted octanol–water partition coefficient (Wildman–Crippen LogP) is 3.51. The molecule has 2 aromatic carbocycles. The molecule has 2 heterocycles. The number of aromatic nitrogens is 1. The zero-order valence-electron chi connectivity index (χ0n) is 13.5. The molecule has 0 aliphatic carbocycles. The number of thiazole rings is 1. The maximum atomic E-state index is 12.5. The molecule has 3 aromatic rings. The Balaban J connectivity index is 1.50. The SMILES string of the molecule is CC1(C(=O)OCc2nc3ccccc3s2)Cc2ccccc2C(=O)O1. The molecule has 4 rings (SSSR count). The number of ether oxygens (including phenoxy) is 2. The largest absolute Gasteiger partial charge is 0.455 e. The molecular weight excluding hydrogens is 338 g/mol. The summed E-state index contributed by atoms with van der Waals surface area (Å²) >= 11 is 1.48. The molecule has 1 unspecified atom stereocenters. The van der Waals surface area contributed by atoms with E-state index >= 15 is 0 Å². The van der Waals surface area contributed by atoms with Gasteiger partial charge in [-0.3, -0.25) is 0 Å². The Hall–Kier alpha value is -2.73. The molecule has 5 nitrogen and oxygen atoms in total. The molecule has 0 amide bonds. The zero-order chi connectivity index (χ0) is 17.4. The molecule has 1 aromatic heterocycles. The van der Waals surface area contributed by atoms with Crippen molar-refractivity contribution in [3.8, 4) is 0 Å². The number of rotatable bonds is 3. The first kappa shape index (κ1) is 15.8. The molecule has 1 atom stereocenters. The van der Waals surface area contributed by atoms with E-state index in [2.05, 4.69) is 4.98 Å². The summed E-state index contributed by atoms with van der Waals surface area (Å²) in [6, 6.07) is 14.9. The minimum absolute atomic E-state index is 0.0625. The molecule has 1 aliphatic heterocycles. The third-order valence-electron chi connectivity index (χ3n) is 4.18. The number of fused-ring (bicyclic) bond motifs is 2. The Bertz CT molecular complexity index is 947. The fraction of sp³-hybridized carbons (Fsp3) is 0.211. The van der Waals surface area contributed by atoms with Crippen molar-refractivity contribution in [1.82, 2.24) is 4.98 Å². The van der Waals surface area contributed by atoms with Gasteiger partial charge in [-0.2, -0.15) is 0 Å². The maximum absolute atomic E-state index is 12.5. The second-order valence-corrected chi connectivity index (χ2v) is 7.22. The van der Waals surface area contributed by atoms with Gasteiger partial charge >= 0.3 is 11.9 Å². The molecule has 6 heteroatoms. The molecule has 0 saturated heterocycles. The van der Waals surface area contributed by atoms with Gasteiger partial charge in [0, 0.05) is 6.42 Å². The van der Waals surface area contributed by atoms with E-state index in [9.17, 15) is 9.59 Å². The van der Waals surface area contributed by atoms with Crippen molar-refractivity contribution in [3.05, 3.63) is 64.7 Å². The molecule has 0 radical (unpaired) electrons. The predicted molar refractivity (Wildman–Crippen MR) is 93.4 cm³/mol. The third kappa shape index (κ3) is 2.89. The van der Waals surface area contributed by atoms with Crippen LogP contribution in [0.1, 0.15) is 27.9 Å². The lowest BCUT2D eigenvalue weighted by Gasteiger charge is -2.32. The number of esters is 2. The Morgan fingerprint density at radius 3 is 2.84 bits per heavy atom. The van der Waals surface area contributed by atoms with E-state index in [1.165, 1.54) is 11.3 Å². The summed E-state index contributed by atoms with van der Waals surface area (Å²) in [5.41, 5.74) is 0.849. The van der Waals surface area contributed by atoms with Gasteiger partial charge in [0.2, 0.25) is 5.60 Å². The molecule has 0 bridgehead atoms. The summed E-state index contributed by atoms with van der Waals surface area (Å²) in [5.74, 6) is -1.06. The van der Waals surface area contributed by atoms with Crippen molar-refractivity contribution >= 4 is 33.5 Å². The monoisotopic (exact) mass is 353 g/mol. The van der Waals surface area contributed by atoms with Crippen LogP contribution in [0.25, 0.3) is 10.2 Å². The number of benzene rings is 2. The highest BCUT2D eigenvalue weighted by atomic mass is 32.1. The Morgan fingerprint density at radius 2 is 2.00 bits per heavy atom. The quantitative estimate of drug-likeness (QED) is 0.674. The highest BCUT2D eigenvalue weighted by Crippen LogP contribution is 2.30. The van der Waals surface area contributed by atoms with Crippen molar-refractivity contribution in [3.63, 3.8) is 0 Å². The maximum Gasteiger partial charge on any atom is 0.351 e. The molecule has 25 heavy (non-hydrogen) atoms. The lowest BCUT2D eigenvalue weighted by molar-refractivity contribution is -0.166. The van der Waals surface area contributed by atoms with E-state index in [4.69, 9.17) is 9.47 Å². The second-order valence-electron chi connectivity index (χ2n) is 6.11. The number of nitrogens with zero attached hydrogens (tertiary/aromatic N) is 1. The summed E-state index contributed by atoms with van der Waals surface area (Å²) in [4.78, 5) is 29.1. The lowest BCUT2D eigenvalue weighted by Crippen LogP contribution is -2.46. The number of para-hydroxylation sites is 1. The van der Waals surface area contributed by atoms with Crippen LogP contribution in [0.3, 0.4) is 0 Å². The highest BCUT2D eigenvalue weighted by molar-refractivity contribution is 7.18. The van der Waals surface area contributed by atoms with Crippen LogP contribution in [0.2, 0.25) is 0 Å². The minimum atomic E-state index is -1.32. The van der Waals surface area contributed by atoms with Gasteiger partial charge in [-0.25, -0.2) is 14.6 Å². The summed E-state index contributed by atoms with van der Waals surface area (Å²) in [5, 5.41) is 0.709. The molecule has 126 valence electrons. The van der Waals surface area contributed by atoms with E-state index in [0.29, 0.717) is 17.0 Å². The van der Waals surface area contributed by atoms with Crippen LogP contribution < -0.4 is 0 Å². The first-order valence-electron chi connectivity index (χ1n) is 7.88. The van der Waals surface area contributed by atoms with Gasteiger partial charge in [0.25, 0.3) is 0 Å². The molecule has 1 aliphatic rings. The summed E-state index contributed by atoms with van der Waals surface area (Å²) in [6.07, 6.45) is 0.299. The minimum Gasteiger partial charge on any atom is -0.455 e. The van der Waals surface area contributed by atoms with Crippen LogP contribution >= 0.6 is 11.3 Å². The lowest BCUT2D eigenvalue weighted by atomic mass is 9.90. The van der Waals surface area contributed by atoms with Gasteiger partial charge in [-0.1, -0.05) is 30.3 Å². The van der Waals surface area contributed by atoms with E-state index in [1.807, 2.05) is 36.4 Å². The number of carbonyl (C=O) groups is 2. The van der Waals surface area contributed by atoms with E-state index in [-0.39, 0.29) is 6.61 Å². The number of hydrogen-bond acceptors (Lipinski definition) is 6. The Kier molecular flexibility index (Phi) is 3.77.